The summed E-state index contributed by atoms with van der Waals surface area (Å²) in [5.74, 6) is 9.15. The van der Waals surface area contributed by atoms with Gasteiger partial charge in [0.1, 0.15) is 0 Å². The average molecular weight is 164 g/mol. The van der Waals surface area contributed by atoms with E-state index in [1.807, 2.05) is 0 Å². The Labute approximate surface area is 60.3 Å². The maximum absolute atomic E-state index is 8.80. The van der Waals surface area contributed by atoms with E-state index in [0.29, 0.717) is 11.9 Å². The molecule has 0 saturated carbocycles. The van der Waals surface area contributed by atoms with Crippen LogP contribution in [0.5, 0.6) is 0 Å². The highest BCUT2D eigenvalue weighted by molar-refractivity contribution is 8.89. The minimum atomic E-state index is 0.161. The highest BCUT2D eigenvalue weighted by Crippen LogP contribution is 2.47. The van der Waals surface area contributed by atoms with Gasteiger partial charge in [0.15, 0.2) is 0 Å². The summed E-state index contributed by atoms with van der Waals surface area (Å²) < 4.78 is 0. The summed E-state index contributed by atoms with van der Waals surface area (Å²) in [5.41, 5.74) is 0. The second kappa shape index (κ2) is 2.99. The highest BCUT2D eigenvalue weighted by atomic mass is 33.1. The molecular formula is C6H12OS2. The van der Waals surface area contributed by atoms with Gasteiger partial charge in [0.25, 0.3) is 0 Å². The maximum Gasteiger partial charge on any atom is 0.0553 e. The molecule has 3 unspecified atom stereocenters. The summed E-state index contributed by atoms with van der Waals surface area (Å²) in [5, 5.41) is 9.26. The minimum absolute atomic E-state index is 0.161. The van der Waals surface area contributed by atoms with Gasteiger partial charge in [-0.05, 0) is 12.2 Å². The largest absolute Gasteiger partial charge is 0.395 e. The molecule has 1 aliphatic heterocycles. The van der Waals surface area contributed by atoms with Gasteiger partial charge in [0.2, 0.25) is 0 Å². The van der Waals surface area contributed by atoms with Crippen LogP contribution in [0.25, 0.3) is 0 Å². The molecule has 1 saturated heterocycles. The molecule has 9 heavy (non-hydrogen) atoms. The second-order valence-electron chi connectivity index (χ2n) is 2.12. The number of hydrogen-bond acceptors (Lipinski definition) is 1. The third kappa shape index (κ3) is 1.45. The van der Waals surface area contributed by atoms with Crippen molar-refractivity contribution in [2.75, 3.05) is 12.4 Å². The SMILES string of the molecule is C=S1CCC(CO)S1=C. The van der Waals surface area contributed by atoms with Crippen molar-refractivity contribution >= 4 is 30.8 Å². The maximum atomic E-state index is 8.80. The van der Waals surface area contributed by atoms with Gasteiger partial charge >= 0.3 is 0 Å². The second-order valence-corrected chi connectivity index (χ2v) is 7.53. The molecule has 0 aromatic carbocycles. The molecule has 0 radical (unpaired) electrons. The normalized spacial score (nSPS) is 43.4. The zero-order valence-electron chi connectivity index (χ0n) is 5.38. The molecule has 0 aliphatic carbocycles. The molecule has 0 amide bonds. The standard InChI is InChI=1S/C6H12OS2/c1-8-4-3-6(5-7)9(8)2/h6-7H,1-5H2. The van der Waals surface area contributed by atoms with E-state index in [-0.39, 0.29) is 19.0 Å². The zero-order valence-corrected chi connectivity index (χ0v) is 7.01. The fourth-order valence-electron chi connectivity index (χ4n) is 0.868. The number of hydrogen-bond donors (Lipinski definition) is 1. The van der Waals surface area contributed by atoms with Crippen molar-refractivity contribution in [1.29, 1.82) is 0 Å². The van der Waals surface area contributed by atoms with Crippen LogP contribution in [0.3, 0.4) is 0 Å². The Morgan fingerprint density at radius 2 is 2.22 bits per heavy atom. The first-order chi connectivity index (χ1) is 4.25. The van der Waals surface area contributed by atoms with Crippen LogP contribution >= 0.6 is 19.0 Å². The Morgan fingerprint density at radius 1 is 1.56 bits per heavy atom. The Morgan fingerprint density at radius 3 is 2.44 bits per heavy atom. The summed E-state index contributed by atoms with van der Waals surface area (Å²) in [4.78, 5) is 0. The van der Waals surface area contributed by atoms with Crippen molar-refractivity contribution in [1.82, 2.24) is 0 Å². The van der Waals surface area contributed by atoms with Gasteiger partial charge in [0, 0.05) is 5.25 Å². The first-order valence-electron chi connectivity index (χ1n) is 2.90. The van der Waals surface area contributed by atoms with Crippen molar-refractivity contribution in [3.05, 3.63) is 0 Å². The van der Waals surface area contributed by atoms with E-state index >= 15 is 0 Å². The van der Waals surface area contributed by atoms with Crippen molar-refractivity contribution < 1.29 is 5.11 Å². The van der Waals surface area contributed by atoms with Crippen LogP contribution in [0.4, 0.5) is 0 Å². The van der Waals surface area contributed by atoms with E-state index in [1.165, 1.54) is 5.75 Å². The molecule has 0 aromatic rings. The number of aliphatic hydroxyl groups excluding tert-OH is 1. The van der Waals surface area contributed by atoms with Gasteiger partial charge in [-0.2, -0.15) is 0 Å². The molecule has 1 heterocycles. The van der Waals surface area contributed by atoms with Crippen LogP contribution in [0.1, 0.15) is 6.42 Å². The zero-order chi connectivity index (χ0) is 6.85. The van der Waals surface area contributed by atoms with Crippen LogP contribution in [-0.4, -0.2) is 34.5 Å². The molecule has 1 nitrogen and oxygen atoms in total. The van der Waals surface area contributed by atoms with Crippen LogP contribution < -0.4 is 0 Å². The van der Waals surface area contributed by atoms with E-state index in [9.17, 15) is 0 Å². The molecular weight excluding hydrogens is 152 g/mol. The fourth-order valence-corrected chi connectivity index (χ4v) is 5.27. The first kappa shape index (κ1) is 7.51. The van der Waals surface area contributed by atoms with Crippen LogP contribution in [0.2, 0.25) is 0 Å². The molecule has 0 bridgehead atoms. The smallest absolute Gasteiger partial charge is 0.0553 e. The van der Waals surface area contributed by atoms with Gasteiger partial charge in [-0.25, -0.2) is 0 Å². The third-order valence-electron chi connectivity index (χ3n) is 1.55. The molecule has 0 aromatic heterocycles. The average Bonchev–Trinajstić information content (AvgIpc) is 2.15. The molecule has 1 fully saturated rings. The summed E-state index contributed by atoms with van der Waals surface area (Å²) in [6, 6.07) is 0. The predicted octanol–water partition coefficient (Wildman–Crippen LogP) is 1.07. The van der Waals surface area contributed by atoms with Crippen molar-refractivity contribution in [3.63, 3.8) is 0 Å². The monoisotopic (exact) mass is 164 g/mol. The topological polar surface area (TPSA) is 20.2 Å². The lowest BCUT2D eigenvalue weighted by molar-refractivity contribution is 0.294. The summed E-state index contributed by atoms with van der Waals surface area (Å²) in [7, 11) is 0.420. The number of aliphatic hydroxyl groups is 1. The van der Waals surface area contributed by atoms with Gasteiger partial charge in [-0.1, -0.05) is 11.7 Å². The van der Waals surface area contributed by atoms with E-state index in [2.05, 4.69) is 11.7 Å². The van der Waals surface area contributed by atoms with Gasteiger partial charge in [-0.3, -0.25) is 0 Å². The molecule has 0 spiro atoms. The summed E-state index contributed by atoms with van der Waals surface area (Å²) >= 11 is 0. The number of rotatable bonds is 1. The lowest BCUT2D eigenvalue weighted by atomic mass is 10.3. The lowest BCUT2D eigenvalue weighted by Crippen LogP contribution is -2.03. The fraction of sp³-hybridized carbons (Fsp3) is 0.667. The molecule has 1 rings (SSSR count). The Hall–Kier alpha value is 0.400. The van der Waals surface area contributed by atoms with E-state index in [4.69, 9.17) is 5.11 Å². The Bertz CT molecular complexity index is 153. The molecule has 1 aliphatic rings. The van der Waals surface area contributed by atoms with Crippen molar-refractivity contribution in [2.24, 2.45) is 0 Å². The quantitative estimate of drug-likeness (QED) is 0.454. The summed E-state index contributed by atoms with van der Waals surface area (Å²) in [6.07, 6.45) is 1.13. The van der Waals surface area contributed by atoms with Gasteiger partial charge < -0.3 is 5.11 Å². The molecule has 3 atom stereocenters. The third-order valence-corrected chi connectivity index (χ3v) is 7.10. The van der Waals surface area contributed by atoms with Gasteiger partial charge in [0.05, 0.1) is 6.61 Å². The van der Waals surface area contributed by atoms with Crippen LogP contribution in [-0.2, 0) is 0 Å². The minimum Gasteiger partial charge on any atom is -0.395 e. The molecule has 1 N–H and O–H groups in total. The highest BCUT2D eigenvalue weighted by Gasteiger charge is 2.18. The van der Waals surface area contributed by atoms with Crippen LogP contribution in [0.15, 0.2) is 0 Å². The van der Waals surface area contributed by atoms with Crippen molar-refractivity contribution in [2.45, 2.75) is 11.7 Å². The molecule has 3 heteroatoms. The lowest BCUT2D eigenvalue weighted by Gasteiger charge is -2.06. The molecule has 54 valence electrons. The van der Waals surface area contributed by atoms with Crippen LogP contribution in [0, 0.1) is 0 Å². The van der Waals surface area contributed by atoms with Crippen molar-refractivity contribution in [3.8, 4) is 0 Å². The van der Waals surface area contributed by atoms with E-state index in [0.717, 1.165) is 6.42 Å². The van der Waals surface area contributed by atoms with Gasteiger partial charge in [-0.15, -0.1) is 19.0 Å². The Balaban J connectivity index is 2.62. The first-order valence-corrected chi connectivity index (χ1v) is 6.44. The summed E-state index contributed by atoms with van der Waals surface area (Å²) in [6.45, 7) is 0.311. The van der Waals surface area contributed by atoms with E-state index < -0.39 is 0 Å². The van der Waals surface area contributed by atoms with E-state index in [1.54, 1.807) is 0 Å². The predicted molar refractivity (Wildman–Crippen MR) is 49.8 cm³/mol. The Kier molecular flexibility index (Phi) is 2.50.